The molecule has 0 aliphatic carbocycles. The molecule has 11 heteroatoms. The molecule has 38 heavy (non-hydrogen) atoms. The van der Waals surface area contributed by atoms with Gasteiger partial charge in [-0.15, -0.1) is 0 Å². The summed E-state index contributed by atoms with van der Waals surface area (Å²) in [5.41, 5.74) is 1.71. The molecule has 0 aliphatic heterocycles. The molecule has 0 saturated heterocycles. The summed E-state index contributed by atoms with van der Waals surface area (Å²) in [5.74, 6) is -0.365. The normalized spacial score (nSPS) is 11.7. The average molecular weight is 571 g/mol. The number of urea groups is 1. The van der Waals surface area contributed by atoms with Crippen LogP contribution in [0.4, 0.5) is 4.79 Å². The Bertz CT molecular complexity index is 972. The molecular weight excluding hydrogens is 535 g/mol. The Hall–Kier alpha value is -2.56. The van der Waals surface area contributed by atoms with Gasteiger partial charge in [-0.05, 0) is 54.8 Å². The van der Waals surface area contributed by atoms with Gasteiger partial charge in [-0.25, -0.2) is 9.59 Å². The molecule has 0 aliphatic rings. The molecule has 1 unspecified atom stereocenters. The zero-order chi connectivity index (χ0) is 27.8. The van der Waals surface area contributed by atoms with Gasteiger partial charge in [0, 0.05) is 49.9 Å². The van der Waals surface area contributed by atoms with Gasteiger partial charge in [0.05, 0.1) is 19.8 Å². The minimum Gasteiger partial charge on any atom is -0.492 e. The lowest BCUT2D eigenvalue weighted by Crippen LogP contribution is -2.43. The van der Waals surface area contributed by atoms with Gasteiger partial charge in [0.2, 0.25) is 0 Å². The number of benzene rings is 2. The summed E-state index contributed by atoms with van der Waals surface area (Å²) >= 11 is 12.0. The van der Waals surface area contributed by atoms with E-state index in [1.54, 1.807) is 49.3 Å². The topological polar surface area (TPSA) is 107 Å². The van der Waals surface area contributed by atoms with E-state index in [0.717, 1.165) is 11.1 Å². The van der Waals surface area contributed by atoms with Crippen LogP contribution in [0.25, 0.3) is 0 Å². The fourth-order valence-corrected chi connectivity index (χ4v) is 4.13. The van der Waals surface area contributed by atoms with Gasteiger partial charge >= 0.3 is 12.0 Å². The average Bonchev–Trinajstić information content (AvgIpc) is 2.87. The third kappa shape index (κ3) is 12.3. The summed E-state index contributed by atoms with van der Waals surface area (Å²) in [6.07, 6.45) is 0.0144. The molecular formula is C27H36Cl2N2O7. The number of ether oxygens (including phenoxy) is 4. The summed E-state index contributed by atoms with van der Waals surface area (Å²) in [6, 6.07) is 12.2. The lowest BCUT2D eigenvalue weighted by atomic mass is 10.1. The van der Waals surface area contributed by atoms with Crippen molar-refractivity contribution in [2.45, 2.75) is 32.5 Å². The fourth-order valence-electron chi connectivity index (χ4n) is 3.56. The van der Waals surface area contributed by atoms with E-state index in [1.165, 1.54) is 0 Å². The van der Waals surface area contributed by atoms with Gasteiger partial charge in [0.25, 0.3) is 0 Å². The molecule has 2 amide bonds. The second-order valence-electron chi connectivity index (χ2n) is 8.37. The highest BCUT2D eigenvalue weighted by Gasteiger charge is 2.18. The molecule has 210 valence electrons. The van der Waals surface area contributed by atoms with Crippen molar-refractivity contribution in [2.24, 2.45) is 0 Å². The first-order valence-corrected chi connectivity index (χ1v) is 13.2. The molecule has 1 atom stereocenters. The number of carbonyl (C=O) groups excluding carboxylic acids is 1. The van der Waals surface area contributed by atoms with E-state index >= 15 is 0 Å². The molecule has 0 heterocycles. The summed E-state index contributed by atoms with van der Waals surface area (Å²) < 4.78 is 21.8. The molecule has 2 rings (SSSR count). The lowest BCUT2D eigenvalue weighted by molar-refractivity contribution is -0.149. The number of amides is 2. The number of nitrogens with one attached hydrogen (secondary N) is 1. The third-order valence-electron chi connectivity index (χ3n) is 5.40. The van der Waals surface area contributed by atoms with Crippen molar-refractivity contribution in [1.29, 1.82) is 0 Å². The Morgan fingerprint density at radius 1 is 1.00 bits per heavy atom. The Balaban J connectivity index is 1.82. The van der Waals surface area contributed by atoms with E-state index < -0.39 is 12.1 Å². The molecule has 0 saturated carbocycles. The molecule has 2 aromatic carbocycles. The molecule has 2 aromatic rings. The molecule has 0 spiro atoms. The van der Waals surface area contributed by atoms with Crippen LogP contribution in [0.3, 0.4) is 0 Å². The molecule has 0 bridgehead atoms. The van der Waals surface area contributed by atoms with Crippen molar-refractivity contribution < 1.29 is 33.6 Å². The Labute approximate surface area is 233 Å². The molecule has 2 N–H and O–H groups in total. The van der Waals surface area contributed by atoms with Crippen LogP contribution in [0.5, 0.6) is 5.75 Å². The van der Waals surface area contributed by atoms with Crippen LogP contribution < -0.4 is 10.1 Å². The van der Waals surface area contributed by atoms with Crippen LogP contribution in [-0.2, 0) is 32.0 Å². The van der Waals surface area contributed by atoms with Gasteiger partial charge in [0.15, 0.2) is 6.10 Å². The number of halogens is 2. The number of carboxylic acids is 1. The predicted molar refractivity (Wildman–Crippen MR) is 146 cm³/mol. The number of carbonyl (C=O) groups is 2. The maximum Gasteiger partial charge on any atom is 0.333 e. The van der Waals surface area contributed by atoms with Crippen LogP contribution in [-0.4, -0.2) is 81.3 Å². The van der Waals surface area contributed by atoms with E-state index in [0.29, 0.717) is 68.3 Å². The number of nitrogens with zero attached hydrogens (tertiary/aromatic N) is 1. The minimum absolute atomic E-state index is 0.210. The molecule has 0 radical (unpaired) electrons. The van der Waals surface area contributed by atoms with E-state index in [4.69, 9.17) is 42.1 Å². The molecule has 0 fully saturated rings. The number of rotatable bonds is 18. The number of methoxy groups -OCH3 is 1. The standard InChI is InChI=1S/C27H36Cl2N2O7/c1-3-37-25(26(32)33)17-20-5-7-24(8-6-20)38-14-11-31(27(34)30-9-13-35-2)10-4-12-36-19-21-15-22(28)18-23(29)16-21/h5-8,15-16,18,25H,3-4,9-14,17,19H2,1-2H3,(H,30,34)(H,32,33). The van der Waals surface area contributed by atoms with E-state index in [-0.39, 0.29) is 19.1 Å². The minimum atomic E-state index is -0.990. The van der Waals surface area contributed by atoms with Crippen molar-refractivity contribution in [1.82, 2.24) is 10.2 Å². The monoisotopic (exact) mass is 570 g/mol. The van der Waals surface area contributed by atoms with E-state index in [1.807, 2.05) is 12.1 Å². The van der Waals surface area contributed by atoms with Gasteiger partial charge < -0.3 is 34.3 Å². The summed E-state index contributed by atoms with van der Waals surface area (Å²) in [4.78, 5) is 25.6. The second kappa shape index (κ2) is 17.9. The first-order valence-electron chi connectivity index (χ1n) is 12.4. The summed E-state index contributed by atoms with van der Waals surface area (Å²) in [6.45, 7) is 4.87. The van der Waals surface area contributed by atoms with Crippen molar-refractivity contribution >= 4 is 35.2 Å². The Kier molecular flexibility index (Phi) is 14.9. The Morgan fingerprint density at radius 2 is 1.71 bits per heavy atom. The van der Waals surface area contributed by atoms with Crippen molar-refractivity contribution in [3.63, 3.8) is 0 Å². The highest BCUT2D eigenvalue weighted by Crippen LogP contribution is 2.19. The van der Waals surface area contributed by atoms with Gasteiger partial charge in [-0.2, -0.15) is 0 Å². The first kappa shape index (κ1) is 31.7. The van der Waals surface area contributed by atoms with Crippen LogP contribution in [0, 0.1) is 0 Å². The summed E-state index contributed by atoms with van der Waals surface area (Å²) in [7, 11) is 1.58. The quantitative estimate of drug-likeness (QED) is 0.251. The van der Waals surface area contributed by atoms with Crippen molar-refractivity contribution in [3.05, 3.63) is 63.6 Å². The van der Waals surface area contributed by atoms with Gasteiger partial charge in [-0.1, -0.05) is 35.3 Å². The van der Waals surface area contributed by atoms with Crippen LogP contribution in [0.2, 0.25) is 10.0 Å². The zero-order valence-corrected chi connectivity index (χ0v) is 23.3. The van der Waals surface area contributed by atoms with E-state index in [9.17, 15) is 14.7 Å². The van der Waals surface area contributed by atoms with Gasteiger partial charge in [-0.3, -0.25) is 0 Å². The maximum absolute atomic E-state index is 12.6. The van der Waals surface area contributed by atoms with Gasteiger partial charge in [0.1, 0.15) is 12.4 Å². The lowest BCUT2D eigenvalue weighted by Gasteiger charge is -2.23. The largest absolute Gasteiger partial charge is 0.492 e. The summed E-state index contributed by atoms with van der Waals surface area (Å²) in [5, 5.41) is 13.2. The SMILES string of the molecule is CCOC(Cc1ccc(OCCN(CCCOCc2cc(Cl)cc(Cl)c2)C(=O)NCCOC)cc1)C(=O)O. The van der Waals surface area contributed by atoms with Crippen molar-refractivity contribution in [2.75, 3.05) is 53.2 Å². The highest BCUT2D eigenvalue weighted by atomic mass is 35.5. The highest BCUT2D eigenvalue weighted by molar-refractivity contribution is 6.34. The fraction of sp³-hybridized carbons (Fsp3) is 0.481. The molecule has 9 nitrogen and oxygen atoms in total. The number of carboxylic acid groups (broad SMARTS) is 1. The third-order valence-corrected chi connectivity index (χ3v) is 5.83. The van der Waals surface area contributed by atoms with Crippen LogP contribution in [0.1, 0.15) is 24.5 Å². The number of hydrogen-bond acceptors (Lipinski definition) is 6. The smallest absolute Gasteiger partial charge is 0.333 e. The van der Waals surface area contributed by atoms with Crippen LogP contribution >= 0.6 is 23.2 Å². The Morgan fingerprint density at radius 3 is 2.34 bits per heavy atom. The zero-order valence-electron chi connectivity index (χ0n) is 21.8. The van der Waals surface area contributed by atoms with E-state index in [2.05, 4.69) is 5.32 Å². The second-order valence-corrected chi connectivity index (χ2v) is 9.25. The van der Waals surface area contributed by atoms with Crippen LogP contribution in [0.15, 0.2) is 42.5 Å². The predicted octanol–water partition coefficient (Wildman–Crippen LogP) is 4.67. The first-order chi connectivity index (χ1) is 18.3. The van der Waals surface area contributed by atoms with Crippen molar-refractivity contribution in [3.8, 4) is 5.75 Å². The number of hydrogen-bond donors (Lipinski definition) is 2. The maximum atomic E-state index is 12.6. The molecule has 0 aromatic heterocycles. The number of aliphatic carboxylic acids is 1.